The summed E-state index contributed by atoms with van der Waals surface area (Å²) >= 11 is 0. The van der Waals surface area contributed by atoms with Gasteiger partial charge in [0, 0.05) is 39.4 Å². The lowest BCUT2D eigenvalue weighted by molar-refractivity contribution is 0.282. The maximum absolute atomic E-state index is 9.61. The van der Waals surface area contributed by atoms with Gasteiger partial charge in [0.15, 0.2) is 11.5 Å². The third-order valence-electron chi connectivity index (χ3n) is 16.6. The summed E-state index contributed by atoms with van der Waals surface area (Å²) in [5, 5.41) is 0. The maximum Gasteiger partial charge on any atom is 0.297 e. The Labute approximate surface area is 410 Å². The highest BCUT2D eigenvalue weighted by atomic mass is 16.5. The maximum atomic E-state index is 9.61. The van der Waals surface area contributed by atoms with E-state index in [0.29, 0.717) is 17.4 Å². The van der Waals surface area contributed by atoms with Gasteiger partial charge >= 0.3 is 0 Å². The van der Waals surface area contributed by atoms with Crippen LogP contribution in [0.25, 0.3) is 0 Å². The van der Waals surface area contributed by atoms with E-state index in [1.807, 2.05) is 29.2 Å². The number of ether oxygens (including phenoxy) is 1. The molecule has 68 heavy (non-hydrogen) atoms. The molecule has 0 amide bonds. The first-order chi connectivity index (χ1) is 34.0. The predicted octanol–water partition coefficient (Wildman–Crippen LogP) is 15.9. The Kier molecular flexibility index (Phi) is 8.38. The van der Waals surface area contributed by atoms with E-state index < -0.39 is 0 Å². The molecule has 0 bridgehead atoms. The van der Waals surface area contributed by atoms with Crippen molar-refractivity contribution in [1.29, 1.82) is 0 Å². The average molecular weight is 900 g/mol. The van der Waals surface area contributed by atoms with Crippen molar-refractivity contribution in [3.8, 4) is 11.5 Å². The molecule has 12 rings (SSSR count). The third-order valence-corrected chi connectivity index (χ3v) is 16.6. The second-order valence-corrected chi connectivity index (χ2v) is 23.6. The molecule has 1 aromatic heterocycles. The molecule has 6 heteroatoms. The van der Waals surface area contributed by atoms with Crippen LogP contribution in [0.15, 0.2) is 126 Å². The number of fused-ring (bicyclic) bond motifs is 9. The fourth-order valence-electron chi connectivity index (χ4n) is 12.3. The predicted molar refractivity (Wildman–Crippen MR) is 286 cm³/mol. The molecule has 0 unspecified atom stereocenters. The zero-order chi connectivity index (χ0) is 50.9. The molecule has 344 valence electrons. The molecule has 0 spiro atoms. The van der Waals surface area contributed by atoms with Crippen molar-refractivity contribution in [2.45, 2.75) is 142 Å². The molecule has 0 saturated heterocycles. The van der Waals surface area contributed by atoms with E-state index in [4.69, 9.17) is 11.9 Å². The Morgan fingerprint density at radius 3 is 1.94 bits per heavy atom. The number of para-hydroxylation sites is 4. The summed E-state index contributed by atoms with van der Waals surface area (Å²) in [7, 11) is 0. The molecular weight excluding hydrogens is 830 g/mol. The first kappa shape index (κ1) is 38.8. The largest absolute Gasteiger partial charge is 0.472 e. The molecular formula is C62H66BN3O2. The Bertz CT molecular complexity index is 3460. The molecule has 0 atom stereocenters. The van der Waals surface area contributed by atoms with Crippen molar-refractivity contribution >= 4 is 74.5 Å². The lowest BCUT2D eigenvalue weighted by Crippen LogP contribution is -2.61. The van der Waals surface area contributed by atoms with E-state index in [2.05, 4.69) is 166 Å². The molecule has 7 aromatic rings. The van der Waals surface area contributed by atoms with Crippen LogP contribution in [0.1, 0.15) is 160 Å². The van der Waals surface area contributed by atoms with Gasteiger partial charge in [-0.05, 0) is 154 Å². The standard InChI is InChI=1S/C62H66BN3O2/c1-37(2)39-18-17-19-41(32-39)64-49-33-40(38(3)4)24-27-46(49)63-55-50(64)35-43(65-47-20-13-15-22-52(47)67-53-23-16-14-21-48(53)65)36-51(55)66(42-25-26-44-45(34-42)60(7,8)29-28-59(44,5)6)56-54-57(68-58(56)63)62(11,12)31-30-61(54,9)10/h13-27,32-38H,28-31H2,1-12H3/i13D,15D,20D,22D. The van der Waals surface area contributed by atoms with Gasteiger partial charge in [-0.3, -0.25) is 0 Å². The normalized spacial score (nSPS) is 19.3. The summed E-state index contributed by atoms with van der Waals surface area (Å²) in [5.74, 6) is 2.23. The second kappa shape index (κ2) is 14.7. The van der Waals surface area contributed by atoms with Crippen molar-refractivity contribution in [2.24, 2.45) is 0 Å². The van der Waals surface area contributed by atoms with Crippen LogP contribution in [-0.2, 0) is 21.7 Å². The fourth-order valence-corrected chi connectivity index (χ4v) is 12.3. The monoisotopic (exact) mass is 900 g/mol. The van der Waals surface area contributed by atoms with Gasteiger partial charge in [0.2, 0.25) is 0 Å². The van der Waals surface area contributed by atoms with Crippen molar-refractivity contribution < 1.29 is 14.6 Å². The summed E-state index contributed by atoms with van der Waals surface area (Å²) in [6, 6.07) is 34.5. The van der Waals surface area contributed by atoms with E-state index in [9.17, 15) is 2.74 Å². The topological polar surface area (TPSA) is 32.1 Å². The quantitative estimate of drug-likeness (QED) is 0.161. The van der Waals surface area contributed by atoms with E-state index in [-0.39, 0.29) is 69.9 Å². The molecule has 5 nitrogen and oxygen atoms in total. The van der Waals surface area contributed by atoms with Crippen LogP contribution < -0.4 is 36.0 Å². The number of hydrogen-bond acceptors (Lipinski definition) is 5. The van der Waals surface area contributed by atoms with Gasteiger partial charge in [0.05, 0.1) is 33.9 Å². The van der Waals surface area contributed by atoms with Gasteiger partial charge in [-0.1, -0.05) is 138 Å². The molecule has 0 radical (unpaired) electrons. The lowest BCUT2D eigenvalue weighted by atomic mass is 9.35. The second-order valence-electron chi connectivity index (χ2n) is 23.6. The zero-order valence-corrected chi connectivity index (χ0v) is 42.0. The van der Waals surface area contributed by atoms with Gasteiger partial charge < -0.3 is 23.9 Å². The summed E-state index contributed by atoms with van der Waals surface area (Å²) in [6.07, 6.45) is 4.21. The first-order valence-electron chi connectivity index (χ1n) is 27.0. The van der Waals surface area contributed by atoms with Crippen LogP contribution in [0.3, 0.4) is 0 Å². The van der Waals surface area contributed by atoms with E-state index in [0.717, 1.165) is 82.4 Å². The molecule has 2 aliphatic carbocycles. The summed E-state index contributed by atoms with van der Waals surface area (Å²) in [6.45, 7) is 27.8. The number of hydrogen-bond donors (Lipinski definition) is 0. The van der Waals surface area contributed by atoms with Gasteiger partial charge in [-0.15, -0.1) is 0 Å². The Hall–Kier alpha value is -6.14. The number of furan rings is 1. The van der Waals surface area contributed by atoms with Crippen LogP contribution >= 0.6 is 0 Å². The van der Waals surface area contributed by atoms with Crippen LogP contribution in [0.2, 0.25) is 0 Å². The van der Waals surface area contributed by atoms with Gasteiger partial charge in [0.1, 0.15) is 5.76 Å². The van der Waals surface area contributed by atoms with E-state index in [1.165, 1.54) is 33.3 Å². The number of nitrogens with zero attached hydrogens (tertiary/aromatic N) is 3. The molecule has 0 N–H and O–H groups in total. The van der Waals surface area contributed by atoms with Crippen LogP contribution in [0.4, 0.5) is 51.2 Å². The molecule has 5 aliphatic rings. The van der Waals surface area contributed by atoms with Crippen LogP contribution in [-0.4, -0.2) is 6.71 Å². The van der Waals surface area contributed by atoms with E-state index in [1.54, 1.807) is 0 Å². The Morgan fingerprint density at radius 2 is 1.18 bits per heavy atom. The molecule has 4 heterocycles. The minimum absolute atomic E-state index is 0.0163. The van der Waals surface area contributed by atoms with E-state index >= 15 is 0 Å². The number of benzene rings is 6. The Morgan fingerprint density at radius 1 is 0.529 bits per heavy atom. The molecule has 0 saturated carbocycles. The van der Waals surface area contributed by atoms with Crippen LogP contribution in [0, 0.1) is 0 Å². The van der Waals surface area contributed by atoms with Crippen molar-refractivity contribution in [2.75, 3.05) is 14.7 Å². The highest BCUT2D eigenvalue weighted by molar-refractivity contribution is 6.99. The summed E-state index contributed by atoms with van der Waals surface area (Å²) in [5.41, 5.74) is 17.3. The number of rotatable bonds is 5. The summed E-state index contributed by atoms with van der Waals surface area (Å²) < 4.78 is 50.9. The minimum atomic E-state index is -0.331. The number of anilines is 9. The van der Waals surface area contributed by atoms with Gasteiger partial charge in [-0.25, -0.2) is 0 Å². The van der Waals surface area contributed by atoms with Gasteiger partial charge in [0.25, 0.3) is 6.71 Å². The molecule has 3 aliphatic heterocycles. The van der Waals surface area contributed by atoms with Gasteiger partial charge in [-0.2, -0.15) is 0 Å². The SMILES string of the molecule is [2H]c1c([2H])c([2H])c2c(c1[2H])Oc1ccccc1N2c1cc2c3c(c1)N(c1ccc4c(c1)C(C)(C)CCC4(C)C)c1c(oc4c1C(C)(C)CCC4(C)C)B3c1ccc(C(C)C)cc1N2c1cccc(C(C)C)c1. The minimum Gasteiger partial charge on any atom is -0.472 e. The van der Waals surface area contributed by atoms with Crippen molar-refractivity contribution in [3.05, 3.63) is 155 Å². The molecule has 0 fully saturated rings. The first-order valence-corrected chi connectivity index (χ1v) is 25.0. The fraction of sp³-hybridized carbons (Fsp3) is 0.355. The third kappa shape index (κ3) is 6.27. The smallest absolute Gasteiger partial charge is 0.297 e. The highest BCUT2D eigenvalue weighted by Crippen LogP contribution is 2.58. The summed E-state index contributed by atoms with van der Waals surface area (Å²) in [4.78, 5) is 7.00. The Balaban J connectivity index is 1.27. The zero-order valence-electron chi connectivity index (χ0n) is 46.0. The highest BCUT2D eigenvalue weighted by Gasteiger charge is 2.53. The van der Waals surface area contributed by atoms with Crippen molar-refractivity contribution in [1.82, 2.24) is 0 Å². The van der Waals surface area contributed by atoms with Crippen LogP contribution in [0.5, 0.6) is 11.5 Å². The molecule has 6 aromatic carbocycles. The lowest BCUT2D eigenvalue weighted by Gasteiger charge is -2.46. The van der Waals surface area contributed by atoms with Crippen molar-refractivity contribution in [3.63, 3.8) is 0 Å². The average Bonchev–Trinajstić information content (AvgIpc) is 3.77.